The number of aromatic nitrogens is 3. The molecule has 1 aliphatic carbocycles. The van der Waals surface area contributed by atoms with E-state index in [0.717, 1.165) is 0 Å². The third-order valence-electron chi connectivity index (χ3n) is 4.99. The number of allylic oxidation sites excluding steroid dienone is 1. The molecule has 0 saturated heterocycles. The second-order valence-corrected chi connectivity index (χ2v) is 6.68. The van der Waals surface area contributed by atoms with E-state index in [0.29, 0.717) is 28.1 Å². The van der Waals surface area contributed by atoms with Crippen molar-refractivity contribution < 1.29 is 19.2 Å². The van der Waals surface area contributed by atoms with Crippen molar-refractivity contribution in [1.29, 1.82) is 0 Å². The Labute approximate surface area is 163 Å². The lowest BCUT2D eigenvalue weighted by Gasteiger charge is -2.14. The fraction of sp³-hybridized carbons (Fsp3) is 0.100. The number of carbonyl (C=O) groups excluding carboxylic acids is 2. The van der Waals surface area contributed by atoms with Crippen LogP contribution in [0.15, 0.2) is 66.1 Å². The Morgan fingerprint density at radius 1 is 1.03 bits per heavy atom. The Kier molecular flexibility index (Phi) is 3.63. The molecule has 0 bridgehead atoms. The van der Waals surface area contributed by atoms with Crippen LogP contribution in [0.25, 0.3) is 5.69 Å². The van der Waals surface area contributed by atoms with Crippen LogP contribution in [0, 0.1) is 10.1 Å². The average Bonchev–Trinajstić information content (AvgIpc) is 3.40. The monoisotopic (exact) mass is 388 g/mol. The SMILES string of the molecule is O=C1C2=C(OC(c3cn(-c4ccc([N+](=O)[O-])cc4)nn3)C2)C(=O)c2ccccc21. The Hall–Kier alpha value is -4.14. The van der Waals surface area contributed by atoms with Crippen molar-refractivity contribution >= 4 is 17.3 Å². The fourth-order valence-corrected chi connectivity index (χ4v) is 3.53. The van der Waals surface area contributed by atoms with Crippen LogP contribution >= 0.6 is 0 Å². The standard InChI is InChI=1S/C20H12N4O5/c25-18-13-3-1-2-4-14(13)19(26)20-15(18)9-17(29-20)16-10-23(22-21-16)11-5-7-12(8-6-11)24(27)28/h1-8,10,17H,9H2. The first-order chi connectivity index (χ1) is 14.0. The Morgan fingerprint density at radius 3 is 2.41 bits per heavy atom. The molecule has 0 N–H and O–H groups in total. The number of benzene rings is 2. The molecule has 1 aromatic heterocycles. The molecule has 1 atom stereocenters. The fourth-order valence-electron chi connectivity index (χ4n) is 3.53. The predicted octanol–water partition coefficient (Wildman–Crippen LogP) is 2.97. The molecule has 9 heteroatoms. The zero-order valence-corrected chi connectivity index (χ0v) is 14.8. The third kappa shape index (κ3) is 2.63. The van der Waals surface area contributed by atoms with Crippen molar-refractivity contribution in [1.82, 2.24) is 15.0 Å². The molecule has 2 heterocycles. The van der Waals surface area contributed by atoms with Gasteiger partial charge < -0.3 is 4.74 Å². The number of nitro benzene ring substituents is 1. The number of hydrogen-bond acceptors (Lipinski definition) is 7. The van der Waals surface area contributed by atoms with Gasteiger partial charge in [0.1, 0.15) is 11.8 Å². The molecule has 29 heavy (non-hydrogen) atoms. The maximum absolute atomic E-state index is 12.7. The van der Waals surface area contributed by atoms with Gasteiger partial charge in [-0.05, 0) is 12.1 Å². The number of nitro groups is 1. The van der Waals surface area contributed by atoms with Crippen LogP contribution in [-0.2, 0) is 4.74 Å². The molecule has 5 rings (SSSR count). The highest BCUT2D eigenvalue weighted by Gasteiger charge is 2.41. The van der Waals surface area contributed by atoms with Gasteiger partial charge in [-0.25, -0.2) is 4.68 Å². The summed E-state index contributed by atoms with van der Waals surface area (Å²) in [6.45, 7) is 0. The lowest BCUT2D eigenvalue weighted by Crippen LogP contribution is -2.19. The lowest BCUT2D eigenvalue weighted by atomic mass is 9.87. The molecule has 0 spiro atoms. The molecule has 0 fully saturated rings. The molecule has 1 aliphatic heterocycles. The van der Waals surface area contributed by atoms with E-state index in [2.05, 4.69) is 10.3 Å². The van der Waals surface area contributed by atoms with Gasteiger partial charge in [-0.1, -0.05) is 29.5 Å². The van der Waals surface area contributed by atoms with Gasteiger partial charge in [0.15, 0.2) is 11.5 Å². The summed E-state index contributed by atoms with van der Waals surface area (Å²) in [4.78, 5) is 35.7. The number of non-ortho nitro benzene ring substituents is 1. The summed E-state index contributed by atoms with van der Waals surface area (Å²) in [5.74, 6) is -0.440. The van der Waals surface area contributed by atoms with Gasteiger partial charge >= 0.3 is 0 Å². The largest absolute Gasteiger partial charge is 0.479 e. The lowest BCUT2D eigenvalue weighted by molar-refractivity contribution is -0.384. The van der Waals surface area contributed by atoms with Crippen LogP contribution < -0.4 is 0 Å². The number of ether oxygens (including phenoxy) is 1. The van der Waals surface area contributed by atoms with Crippen molar-refractivity contribution in [2.24, 2.45) is 0 Å². The van der Waals surface area contributed by atoms with Crippen LogP contribution in [0.3, 0.4) is 0 Å². The number of ketones is 2. The van der Waals surface area contributed by atoms with E-state index in [4.69, 9.17) is 4.74 Å². The normalized spacial score (nSPS) is 17.7. The van der Waals surface area contributed by atoms with E-state index in [9.17, 15) is 19.7 Å². The van der Waals surface area contributed by atoms with Crippen molar-refractivity contribution in [2.75, 3.05) is 0 Å². The van der Waals surface area contributed by atoms with Crippen LogP contribution in [0.5, 0.6) is 0 Å². The van der Waals surface area contributed by atoms with Crippen LogP contribution in [-0.4, -0.2) is 31.5 Å². The van der Waals surface area contributed by atoms with Crippen molar-refractivity contribution in [2.45, 2.75) is 12.5 Å². The first-order valence-corrected chi connectivity index (χ1v) is 8.78. The molecule has 142 valence electrons. The summed E-state index contributed by atoms with van der Waals surface area (Å²) < 4.78 is 7.25. The summed E-state index contributed by atoms with van der Waals surface area (Å²) in [5, 5.41) is 18.9. The molecule has 3 aromatic rings. The van der Waals surface area contributed by atoms with E-state index in [1.807, 2.05) is 0 Å². The smallest absolute Gasteiger partial charge is 0.269 e. The van der Waals surface area contributed by atoms with E-state index in [1.165, 1.54) is 16.8 Å². The summed E-state index contributed by atoms with van der Waals surface area (Å²) in [5.41, 5.74) is 2.10. The van der Waals surface area contributed by atoms with Gasteiger partial charge in [0.05, 0.1) is 22.4 Å². The minimum absolute atomic E-state index is 0.0262. The number of nitrogens with zero attached hydrogens (tertiary/aromatic N) is 4. The van der Waals surface area contributed by atoms with Gasteiger partial charge in [-0.2, -0.15) is 0 Å². The number of rotatable bonds is 3. The van der Waals surface area contributed by atoms with E-state index >= 15 is 0 Å². The molecule has 2 aromatic carbocycles. The van der Waals surface area contributed by atoms with Crippen molar-refractivity contribution in [3.63, 3.8) is 0 Å². The topological polar surface area (TPSA) is 117 Å². The second kappa shape index (κ2) is 6.20. The minimum Gasteiger partial charge on any atom is -0.479 e. The summed E-state index contributed by atoms with van der Waals surface area (Å²) >= 11 is 0. The number of hydrogen-bond donors (Lipinski definition) is 0. The van der Waals surface area contributed by atoms with Gasteiger partial charge in [0.2, 0.25) is 5.78 Å². The van der Waals surface area contributed by atoms with Gasteiger partial charge in [0, 0.05) is 29.7 Å². The average molecular weight is 388 g/mol. The molecular formula is C20H12N4O5. The van der Waals surface area contributed by atoms with Gasteiger partial charge in [-0.3, -0.25) is 19.7 Å². The second-order valence-electron chi connectivity index (χ2n) is 6.68. The summed E-state index contributed by atoms with van der Waals surface area (Å²) in [6, 6.07) is 12.5. The first-order valence-electron chi connectivity index (χ1n) is 8.78. The number of Topliss-reactive ketones (excluding diaryl/α,β-unsaturated/α-hetero) is 2. The number of fused-ring (bicyclic) bond motifs is 1. The Morgan fingerprint density at radius 2 is 1.72 bits per heavy atom. The highest BCUT2D eigenvalue weighted by Crippen LogP contribution is 2.41. The zero-order chi connectivity index (χ0) is 20.1. The van der Waals surface area contributed by atoms with Crippen molar-refractivity contribution in [3.8, 4) is 5.69 Å². The zero-order valence-electron chi connectivity index (χ0n) is 14.8. The minimum atomic E-state index is -0.603. The molecule has 0 saturated carbocycles. The summed E-state index contributed by atoms with van der Waals surface area (Å²) in [6.07, 6.45) is 1.24. The van der Waals surface area contributed by atoms with E-state index in [1.54, 1.807) is 42.6 Å². The first kappa shape index (κ1) is 17.0. The molecule has 1 unspecified atom stereocenters. The molecular weight excluding hydrogens is 376 g/mol. The summed E-state index contributed by atoms with van der Waals surface area (Å²) in [7, 11) is 0. The quantitative estimate of drug-likeness (QED) is 0.500. The van der Waals surface area contributed by atoms with Gasteiger partial charge in [0.25, 0.3) is 5.69 Å². The molecule has 2 aliphatic rings. The van der Waals surface area contributed by atoms with E-state index in [-0.39, 0.29) is 29.4 Å². The Balaban J connectivity index is 1.41. The van der Waals surface area contributed by atoms with Crippen LogP contribution in [0.1, 0.15) is 38.9 Å². The molecule has 0 amide bonds. The van der Waals surface area contributed by atoms with Crippen LogP contribution in [0.2, 0.25) is 0 Å². The van der Waals surface area contributed by atoms with Crippen molar-refractivity contribution in [3.05, 3.63) is 93.0 Å². The highest BCUT2D eigenvalue weighted by atomic mass is 16.6. The predicted molar refractivity (Wildman–Crippen MR) is 98.6 cm³/mol. The molecule has 9 nitrogen and oxygen atoms in total. The highest BCUT2D eigenvalue weighted by molar-refractivity contribution is 6.26. The van der Waals surface area contributed by atoms with E-state index < -0.39 is 11.0 Å². The molecule has 0 radical (unpaired) electrons. The maximum atomic E-state index is 12.7. The van der Waals surface area contributed by atoms with Gasteiger partial charge in [-0.15, -0.1) is 5.10 Å². The number of carbonyl (C=O) groups is 2. The maximum Gasteiger partial charge on any atom is 0.269 e. The third-order valence-corrected chi connectivity index (χ3v) is 4.99. The Bertz CT molecular complexity index is 1180. The van der Waals surface area contributed by atoms with Crippen LogP contribution in [0.4, 0.5) is 5.69 Å².